The molecule has 7 aromatic carbocycles. The average Bonchev–Trinajstić information content (AvgIpc) is 3.92. The number of aromatic nitrogens is 2. The zero-order valence-electron chi connectivity index (χ0n) is 31.6. The van der Waals surface area contributed by atoms with Gasteiger partial charge in [0.05, 0.1) is 11.1 Å². The van der Waals surface area contributed by atoms with E-state index in [1.165, 1.54) is 75.8 Å². The van der Waals surface area contributed by atoms with E-state index in [0.717, 1.165) is 33.2 Å². The molecule has 2 aliphatic rings. The molecule has 3 heterocycles. The number of fused-ring (bicyclic) bond motifs is 12. The Balaban J connectivity index is 1.04. The van der Waals surface area contributed by atoms with Crippen LogP contribution < -0.4 is 0 Å². The maximum Gasteiger partial charge on any atom is 0.231 e. The van der Waals surface area contributed by atoms with Crippen LogP contribution in [0.4, 0.5) is 0 Å². The van der Waals surface area contributed by atoms with E-state index in [9.17, 15) is 0 Å². The molecule has 0 saturated heterocycles. The van der Waals surface area contributed by atoms with Crippen LogP contribution in [-0.2, 0) is 10.8 Å². The average molecular weight is 737 g/mol. The minimum atomic E-state index is -0.120. The van der Waals surface area contributed by atoms with Gasteiger partial charge in [0.1, 0.15) is 5.58 Å². The molecule has 0 atom stereocenters. The quantitative estimate of drug-likeness (QED) is 0.181. The van der Waals surface area contributed by atoms with E-state index in [1.807, 2.05) is 35.6 Å². The number of hydrogen-bond donors (Lipinski definition) is 0. The standard InChI is InChI=1S/C52H36N2OS/c1-51(2)39-21-10-8-16-32(39)36-27-42-38(28-41(36)51)45-31(18-13-22-40(45)52(42,3)4)30-24-25-44-37(26-30)33-19-12-20-35(48(33)56-44)49-53-47(29-14-6-5-7-15-29)46-34-17-9-11-23-43(34)55-50(46)54-49/h5-28H,1-4H3. The number of rotatable bonds is 3. The fourth-order valence-corrected chi connectivity index (χ4v) is 11.1. The molecule has 0 bridgehead atoms. The van der Waals surface area contributed by atoms with Gasteiger partial charge in [-0.3, -0.25) is 0 Å². The normalized spacial score (nSPS) is 14.7. The molecule has 56 heavy (non-hydrogen) atoms. The van der Waals surface area contributed by atoms with E-state index in [-0.39, 0.29) is 10.8 Å². The lowest BCUT2D eigenvalue weighted by atomic mass is 9.79. The number of benzene rings is 7. The van der Waals surface area contributed by atoms with Crippen LogP contribution in [0.1, 0.15) is 49.9 Å². The third-order valence-electron chi connectivity index (χ3n) is 12.7. The van der Waals surface area contributed by atoms with E-state index in [0.29, 0.717) is 11.5 Å². The van der Waals surface area contributed by atoms with Gasteiger partial charge >= 0.3 is 0 Å². The summed E-state index contributed by atoms with van der Waals surface area (Å²) in [6, 6.07) is 53.0. The molecule has 3 nitrogen and oxygen atoms in total. The first kappa shape index (κ1) is 31.9. The van der Waals surface area contributed by atoms with Crippen molar-refractivity contribution < 1.29 is 4.42 Å². The Hall–Kier alpha value is -6.36. The monoisotopic (exact) mass is 736 g/mol. The van der Waals surface area contributed by atoms with E-state index in [1.54, 1.807) is 0 Å². The molecule has 0 spiro atoms. The summed E-state index contributed by atoms with van der Waals surface area (Å²) in [7, 11) is 0. The maximum atomic E-state index is 6.39. The first-order valence-electron chi connectivity index (χ1n) is 19.4. The zero-order valence-corrected chi connectivity index (χ0v) is 32.4. The molecule has 3 aromatic heterocycles. The van der Waals surface area contributed by atoms with Crippen molar-refractivity contribution in [1.29, 1.82) is 0 Å². The van der Waals surface area contributed by atoms with Crippen molar-refractivity contribution in [3.8, 4) is 56.0 Å². The molecular formula is C52H36N2OS. The fraction of sp³-hybridized carbons (Fsp3) is 0.115. The first-order chi connectivity index (χ1) is 27.3. The Bertz CT molecular complexity index is 3310. The smallest absolute Gasteiger partial charge is 0.231 e. The van der Waals surface area contributed by atoms with Crippen LogP contribution in [-0.4, -0.2) is 9.97 Å². The number of nitrogens with zero attached hydrogens (tertiary/aromatic N) is 2. The summed E-state index contributed by atoms with van der Waals surface area (Å²) < 4.78 is 8.82. The largest absolute Gasteiger partial charge is 0.438 e. The van der Waals surface area contributed by atoms with Crippen molar-refractivity contribution in [2.45, 2.75) is 38.5 Å². The zero-order chi connectivity index (χ0) is 37.5. The van der Waals surface area contributed by atoms with Crippen LogP contribution in [0.3, 0.4) is 0 Å². The summed E-state index contributed by atoms with van der Waals surface area (Å²) in [6.45, 7) is 9.54. The third-order valence-corrected chi connectivity index (χ3v) is 14.0. The number of furan rings is 1. The van der Waals surface area contributed by atoms with Gasteiger partial charge in [0.15, 0.2) is 5.82 Å². The van der Waals surface area contributed by atoms with Crippen LogP contribution in [0.5, 0.6) is 0 Å². The SMILES string of the molecule is CC1(C)c2ccccc2-c2cc3c(cc21)-c1c(-c2ccc4sc5c(-c6nc(-c7ccccc7)c7c(n6)oc6ccccc67)cccc5c4c2)cccc1C3(C)C. The lowest BCUT2D eigenvalue weighted by Gasteiger charge is -2.24. The van der Waals surface area contributed by atoms with Gasteiger partial charge in [-0.15, -0.1) is 11.3 Å². The summed E-state index contributed by atoms with van der Waals surface area (Å²) in [5.74, 6) is 0.671. The molecule has 2 aliphatic carbocycles. The maximum absolute atomic E-state index is 6.39. The summed E-state index contributed by atoms with van der Waals surface area (Å²) in [5, 5.41) is 4.43. The molecule has 0 aliphatic heterocycles. The molecule has 10 aromatic rings. The van der Waals surface area contributed by atoms with Crippen LogP contribution in [0.25, 0.3) is 98.3 Å². The second kappa shape index (κ2) is 11.1. The summed E-state index contributed by atoms with van der Waals surface area (Å²) >= 11 is 1.81. The Kier molecular flexibility index (Phi) is 6.34. The van der Waals surface area contributed by atoms with E-state index >= 15 is 0 Å². The first-order valence-corrected chi connectivity index (χ1v) is 20.2. The predicted molar refractivity (Wildman–Crippen MR) is 234 cm³/mol. The topological polar surface area (TPSA) is 38.9 Å². The van der Waals surface area contributed by atoms with Gasteiger partial charge in [-0.05, 0) is 92.0 Å². The summed E-state index contributed by atoms with van der Waals surface area (Å²) in [6.07, 6.45) is 0. The second-order valence-corrected chi connectivity index (χ2v) is 17.6. The van der Waals surface area contributed by atoms with Gasteiger partial charge in [0.2, 0.25) is 5.71 Å². The molecule has 0 radical (unpaired) electrons. The van der Waals surface area contributed by atoms with Crippen LogP contribution in [0, 0.1) is 0 Å². The van der Waals surface area contributed by atoms with Crippen molar-refractivity contribution in [1.82, 2.24) is 9.97 Å². The third kappa shape index (κ3) is 4.22. The van der Waals surface area contributed by atoms with Gasteiger partial charge in [0, 0.05) is 47.5 Å². The fourth-order valence-electron chi connectivity index (χ4n) is 9.91. The Morgan fingerprint density at radius 1 is 0.482 bits per heavy atom. The molecule has 0 N–H and O–H groups in total. The van der Waals surface area contributed by atoms with E-state index in [2.05, 4.69) is 149 Å². The molecular weight excluding hydrogens is 701 g/mol. The highest BCUT2D eigenvalue weighted by molar-refractivity contribution is 7.26. The summed E-state index contributed by atoms with van der Waals surface area (Å²) in [4.78, 5) is 10.4. The lowest BCUT2D eigenvalue weighted by Crippen LogP contribution is -2.16. The Morgan fingerprint density at radius 3 is 2.05 bits per heavy atom. The van der Waals surface area contributed by atoms with Gasteiger partial charge in [-0.2, -0.15) is 4.98 Å². The minimum Gasteiger partial charge on any atom is -0.438 e. The van der Waals surface area contributed by atoms with Crippen molar-refractivity contribution in [3.05, 3.63) is 168 Å². The molecule has 0 amide bonds. The molecule has 4 heteroatoms. The van der Waals surface area contributed by atoms with Crippen molar-refractivity contribution in [2.75, 3.05) is 0 Å². The Morgan fingerprint density at radius 2 is 1.16 bits per heavy atom. The molecule has 266 valence electrons. The molecule has 12 rings (SSSR count). The lowest BCUT2D eigenvalue weighted by molar-refractivity contribution is 0.652. The van der Waals surface area contributed by atoms with Crippen molar-refractivity contribution >= 4 is 53.6 Å². The highest BCUT2D eigenvalue weighted by Gasteiger charge is 2.42. The molecule has 0 fully saturated rings. The van der Waals surface area contributed by atoms with Crippen LogP contribution in [0.2, 0.25) is 0 Å². The second-order valence-electron chi connectivity index (χ2n) is 16.5. The van der Waals surface area contributed by atoms with Crippen LogP contribution in [0.15, 0.2) is 150 Å². The predicted octanol–water partition coefficient (Wildman–Crippen LogP) is 14.4. The molecule has 0 unspecified atom stereocenters. The number of para-hydroxylation sites is 1. The van der Waals surface area contributed by atoms with Gasteiger partial charge < -0.3 is 4.42 Å². The number of thiophene rings is 1. The van der Waals surface area contributed by atoms with E-state index < -0.39 is 0 Å². The van der Waals surface area contributed by atoms with Gasteiger partial charge in [0.25, 0.3) is 0 Å². The van der Waals surface area contributed by atoms with Gasteiger partial charge in [-0.25, -0.2) is 4.98 Å². The van der Waals surface area contributed by atoms with Crippen molar-refractivity contribution in [3.63, 3.8) is 0 Å². The summed E-state index contributed by atoms with van der Waals surface area (Å²) in [5.41, 5.74) is 17.8. The van der Waals surface area contributed by atoms with Crippen LogP contribution >= 0.6 is 11.3 Å². The van der Waals surface area contributed by atoms with E-state index in [4.69, 9.17) is 14.4 Å². The molecule has 0 saturated carbocycles. The highest BCUT2D eigenvalue weighted by atomic mass is 32.1. The highest BCUT2D eigenvalue weighted by Crippen LogP contribution is 2.58. The van der Waals surface area contributed by atoms with Gasteiger partial charge in [-0.1, -0.05) is 137 Å². The number of hydrogen-bond acceptors (Lipinski definition) is 4. The Labute approximate surface area is 328 Å². The van der Waals surface area contributed by atoms with Crippen molar-refractivity contribution in [2.24, 2.45) is 0 Å². The minimum absolute atomic E-state index is 0.0600.